The van der Waals surface area contributed by atoms with E-state index in [0.717, 1.165) is 11.4 Å². The number of carbonyl (C=O) groups is 1. The Labute approximate surface area is 130 Å². The Morgan fingerprint density at radius 1 is 1.41 bits per heavy atom. The minimum absolute atomic E-state index is 0.140. The van der Waals surface area contributed by atoms with Gasteiger partial charge in [0.2, 0.25) is 11.8 Å². The van der Waals surface area contributed by atoms with Crippen molar-refractivity contribution in [3.8, 4) is 5.75 Å². The quantitative estimate of drug-likeness (QED) is 0.850. The summed E-state index contributed by atoms with van der Waals surface area (Å²) in [6.07, 6.45) is 0. The van der Waals surface area contributed by atoms with Gasteiger partial charge in [-0.3, -0.25) is 15.0 Å². The molecule has 2 rings (SSSR count). The minimum atomic E-state index is -0.301. The lowest BCUT2D eigenvalue weighted by molar-refractivity contribution is -0.120. The van der Waals surface area contributed by atoms with E-state index in [0.29, 0.717) is 19.0 Å². The first-order valence-corrected chi connectivity index (χ1v) is 7.18. The number of para-hydroxylation sites is 1. The molecule has 0 spiro atoms. The van der Waals surface area contributed by atoms with E-state index < -0.39 is 0 Å². The molecular weight excluding hydrogens is 282 g/mol. The molecule has 0 bridgehead atoms. The van der Waals surface area contributed by atoms with Gasteiger partial charge in [0.05, 0.1) is 11.7 Å². The first-order valence-electron chi connectivity index (χ1n) is 7.18. The number of anilines is 1. The van der Waals surface area contributed by atoms with Crippen LogP contribution in [0.4, 0.5) is 5.88 Å². The van der Waals surface area contributed by atoms with Gasteiger partial charge >= 0.3 is 0 Å². The van der Waals surface area contributed by atoms with Crippen LogP contribution in [0.1, 0.15) is 12.6 Å². The highest BCUT2D eigenvalue weighted by atomic mass is 16.5. The van der Waals surface area contributed by atoms with E-state index in [9.17, 15) is 4.79 Å². The Bertz CT molecular complexity index is 598. The zero-order valence-electron chi connectivity index (χ0n) is 13.1. The molecule has 0 aliphatic carbocycles. The van der Waals surface area contributed by atoms with Crippen molar-refractivity contribution in [1.82, 2.24) is 10.1 Å². The maximum atomic E-state index is 12.1. The highest BCUT2D eigenvalue weighted by Gasteiger charge is 2.19. The van der Waals surface area contributed by atoms with Crippen molar-refractivity contribution in [2.24, 2.45) is 0 Å². The lowest BCUT2D eigenvalue weighted by Gasteiger charge is -2.23. The smallest absolute Gasteiger partial charge is 0.243 e. The van der Waals surface area contributed by atoms with Crippen molar-refractivity contribution in [3.05, 3.63) is 42.1 Å². The maximum absolute atomic E-state index is 12.1. The summed E-state index contributed by atoms with van der Waals surface area (Å²) >= 11 is 0. The number of likely N-dealkylation sites (N-methyl/N-ethyl adjacent to an activating group) is 1. The third-order valence-corrected chi connectivity index (χ3v) is 3.37. The van der Waals surface area contributed by atoms with E-state index in [-0.39, 0.29) is 11.9 Å². The molecule has 0 fully saturated rings. The molecule has 0 aliphatic heterocycles. The Balaban J connectivity index is 1.76. The molecule has 1 aromatic carbocycles. The standard InChI is InChI=1S/C16H21N3O3/c1-12-11-15(22-18-12)17-16(20)13(2)19(3)9-10-21-14-7-5-4-6-8-14/h4-8,11,13H,9-10H2,1-3H3,(H,17,20). The molecular formula is C16H21N3O3. The average molecular weight is 303 g/mol. The number of carbonyl (C=O) groups excluding carboxylic acids is 1. The largest absolute Gasteiger partial charge is 0.492 e. The van der Waals surface area contributed by atoms with Crippen LogP contribution >= 0.6 is 0 Å². The van der Waals surface area contributed by atoms with Crippen molar-refractivity contribution in [3.63, 3.8) is 0 Å². The minimum Gasteiger partial charge on any atom is -0.492 e. The van der Waals surface area contributed by atoms with Gasteiger partial charge < -0.3 is 9.26 Å². The Morgan fingerprint density at radius 3 is 2.77 bits per heavy atom. The van der Waals surface area contributed by atoms with E-state index in [1.165, 1.54) is 0 Å². The van der Waals surface area contributed by atoms with E-state index in [2.05, 4.69) is 10.5 Å². The fourth-order valence-electron chi connectivity index (χ4n) is 1.87. The molecule has 22 heavy (non-hydrogen) atoms. The van der Waals surface area contributed by atoms with Gasteiger partial charge in [-0.25, -0.2) is 0 Å². The number of nitrogens with zero attached hydrogens (tertiary/aromatic N) is 2. The van der Waals surface area contributed by atoms with Crippen molar-refractivity contribution < 1.29 is 14.1 Å². The third kappa shape index (κ3) is 4.60. The molecule has 1 N–H and O–H groups in total. The molecule has 0 aliphatic rings. The highest BCUT2D eigenvalue weighted by molar-refractivity contribution is 5.93. The second kappa shape index (κ2) is 7.61. The second-order valence-electron chi connectivity index (χ2n) is 5.14. The Hall–Kier alpha value is -2.34. The summed E-state index contributed by atoms with van der Waals surface area (Å²) in [5.41, 5.74) is 0.729. The van der Waals surface area contributed by atoms with Crippen molar-refractivity contribution in [2.75, 3.05) is 25.5 Å². The van der Waals surface area contributed by atoms with Gasteiger partial charge in [-0.1, -0.05) is 23.4 Å². The second-order valence-corrected chi connectivity index (χ2v) is 5.14. The summed E-state index contributed by atoms with van der Waals surface area (Å²) in [6, 6.07) is 11.0. The van der Waals surface area contributed by atoms with Gasteiger partial charge in [0.25, 0.3) is 0 Å². The van der Waals surface area contributed by atoms with Crippen LogP contribution in [0.25, 0.3) is 0 Å². The molecule has 2 aromatic rings. The fourth-order valence-corrected chi connectivity index (χ4v) is 1.87. The number of ether oxygens (including phenoxy) is 1. The van der Waals surface area contributed by atoms with Crippen molar-refractivity contribution in [2.45, 2.75) is 19.9 Å². The highest BCUT2D eigenvalue weighted by Crippen LogP contribution is 2.10. The van der Waals surface area contributed by atoms with E-state index in [1.807, 2.05) is 49.2 Å². The first kappa shape index (κ1) is 16.0. The number of aryl methyl sites for hydroxylation is 1. The van der Waals surface area contributed by atoms with Crippen LogP contribution in [-0.4, -0.2) is 42.2 Å². The van der Waals surface area contributed by atoms with Crippen molar-refractivity contribution >= 4 is 11.8 Å². The van der Waals surface area contributed by atoms with E-state index >= 15 is 0 Å². The molecule has 118 valence electrons. The van der Waals surface area contributed by atoms with Gasteiger partial charge in [-0.2, -0.15) is 0 Å². The van der Waals surface area contributed by atoms with Crippen LogP contribution < -0.4 is 10.1 Å². The predicted octanol–water partition coefficient (Wildman–Crippen LogP) is 2.32. The summed E-state index contributed by atoms with van der Waals surface area (Å²) in [5.74, 6) is 1.05. The van der Waals surface area contributed by atoms with Gasteiger partial charge in [0, 0.05) is 12.6 Å². The zero-order valence-corrected chi connectivity index (χ0v) is 13.1. The van der Waals surface area contributed by atoms with Gasteiger partial charge in [-0.05, 0) is 33.0 Å². The van der Waals surface area contributed by atoms with E-state index in [4.69, 9.17) is 9.26 Å². The summed E-state index contributed by atoms with van der Waals surface area (Å²) in [5, 5.41) is 6.43. The lowest BCUT2D eigenvalue weighted by atomic mass is 10.2. The normalized spacial score (nSPS) is 12.2. The third-order valence-electron chi connectivity index (χ3n) is 3.37. The van der Waals surface area contributed by atoms with E-state index in [1.54, 1.807) is 13.0 Å². The summed E-state index contributed by atoms with van der Waals surface area (Å²) < 4.78 is 10.6. The maximum Gasteiger partial charge on any atom is 0.243 e. The molecule has 0 radical (unpaired) electrons. The van der Waals surface area contributed by atoms with Crippen LogP contribution in [0.3, 0.4) is 0 Å². The zero-order chi connectivity index (χ0) is 15.9. The fraction of sp³-hybridized carbons (Fsp3) is 0.375. The number of amides is 1. The number of benzene rings is 1. The molecule has 1 atom stereocenters. The molecule has 1 amide bonds. The number of nitrogens with one attached hydrogen (secondary N) is 1. The molecule has 1 heterocycles. The molecule has 6 heteroatoms. The number of hydrogen-bond donors (Lipinski definition) is 1. The van der Waals surface area contributed by atoms with Crippen LogP contribution in [-0.2, 0) is 4.79 Å². The number of aromatic nitrogens is 1. The van der Waals surface area contributed by atoms with Crippen molar-refractivity contribution in [1.29, 1.82) is 0 Å². The number of rotatable bonds is 7. The SMILES string of the molecule is Cc1cc(NC(=O)C(C)N(C)CCOc2ccccc2)on1. The van der Waals surface area contributed by atoms with Crippen LogP contribution in [0.5, 0.6) is 5.75 Å². The Morgan fingerprint density at radius 2 is 2.14 bits per heavy atom. The summed E-state index contributed by atoms with van der Waals surface area (Å²) in [4.78, 5) is 14.0. The average Bonchev–Trinajstić information content (AvgIpc) is 2.92. The Kier molecular flexibility index (Phi) is 5.55. The van der Waals surface area contributed by atoms with Crippen LogP contribution in [0, 0.1) is 6.92 Å². The summed E-state index contributed by atoms with van der Waals surface area (Å²) in [7, 11) is 1.88. The molecule has 1 aromatic heterocycles. The van der Waals surface area contributed by atoms with Crippen LogP contribution in [0.2, 0.25) is 0 Å². The van der Waals surface area contributed by atoms with Crippen LogP contribution in [0.15, 0.2) is 40.9 Å². The van der Waals surface area contributed by atoms with Gasteiger partial charge in [0.1, 0.15) is 12.4 Å². The lowest BCUT2D eigenvalue weighted by Crippen LogP contribution is -2.41. The number of hydrogen-bond acceptors (Lipinski definition) is 5. The first-order chi connectivity index (χ1) is 10.6. The summed E-state index contributed by atoms with van der Waals surface area (Å²) in [6.45, 7) is 4.79. The van der Waals surface area contributed by atoms with Gasteiger partial charge in [-0.15, -0.1) is 0 Å². The molecule has 0 saturated heterocycles. The predicted molar refractivity (Wildman–Crippen MR) is 83.9 cm³/mol. The molecule has 1 unspecified atom stereocenters. The monoisotopic (exact) mass is 303 g/mol. The topological polar surface area (TPSA) is 67.6 Å². The van der Waals surface area contributed by atoms with Gasteiger partial charge in [0.15, 0.2) is 0 Å². The molecule has 6 nitrogen and oxygen atoms in total. The molecule has 0 saturated carbocycles.